The molecule has 0 aliphatic carbocycles. The highest BCUT2D eigenvalue weighted by molar-refractivity contribution is 6.32. The summed E-state index contributed by atoms with van der Waals surface area (Å²) in [6.45, 7) is 0. The van der Waals surface area contributed by atoms with Crippen molar-refractivity contribution in [2.75, 3.05) is 7.11 Å². The van der Waals surface area contributed by atoms with Gasteiger partial charge >= 0.3 is 0 Å². The van der Waals surface area contributed by atoms with Crippen LogP contribution in [0.4, 0.5) is 4.39 Å². The molecule has 0 saturated carbocycles. The van der Waals surface area contributed by atoms with Gasteiger partial charge in [0.2, 0.25) is 0 Å². The number of rotatable bonds is 2. The summed E-state index contributed by atoms with van der Waals surface area (Å²) in [5.41, 5.74) is 0.210. The molecule has 0 radical (unpaired) electrons. The topological polar surface area (TPSA) is 56.8 Å². The molecule has 1 rings (SSSR count). The largest absolute Gasteiger partial charge is 0.492 e. The zero-order valence-electron chi connectivity index (χ0n) is 8.29. The Bertz CT molecular complexity index is 487. The van der Waals surface area contributed by atoms with E-state index in [9.17, 15) is 4.39 Å². The molecule has 16 heavy (non-hydrogen) atoms. The predicted molar refractivity (Wildman–Crippen MR) is 57.2 cm³/mol. The molecule has 5 heteroatoms. The first-order chi connectivity index (χ1) is 7.62. The van der Waals surface area contributed by atoms with Crippen LogP contribution in [0.3, 0.4) is 0 Å². The average molecular weight is 237 g/mol. The molecule has 0 N–H and O–H groups in total. The first-order valence-corrected chi connectivity index (χ1v) is 4.55. The normalized spacial score (nSPS) is 8.81. The van der Waals surface area contributed by atoms with Gasteiger partial charge in [-0.1, -0.05) is 11.6 Å². The molecule has 0 atom stereocenters. The first kappa shape index (κ1) is 12.0. The fraction of sp³-hybridized carbons (Fsp3) is 0.0909. The van der Waals surface area contributed by atoms with Crippen molar-refractivity contribution >= 4 is 17.7 Å². The van der Waals surface area contributed by atoms with Crippen LogP contribution in [0, 0.1) is 28.5 Å². The molecule has 0 bridgehead atoms. The highest BCUT2D eigenvalue weighted by Crippen LogP contribution is 2.29. The minimum Gasteiger partial charge on any atom is -0.492 e. The Kier molecular flexibility index (Phi) is 3.88. The maximum Gasteiger partial charge on any atom is 0.173 e. The van der Waals surface area contributed by atoms with Crippen LogP contribution in [0.15, 0.2) is 17.7 Å². The van der Waals surface area contributed by atoms with Crippen molar-refractivity contribution in [1.82, 2.24) is 0 Å². The second-order valence-corrected chi connectivity index (χ2v) is 3.21. The number of hydrogen-bond donors (Lipinski definition) is 0. The second-order valence-electron chi connectivity index (χ2n) is 2.80. The lowest BCUT2D eigenvalue weighted by atomic mass is 10.1. The standard InChI is InChI=1S/C11H6ClFN2O/c1-16-11-9(12)3-7(4-10(11)13)2-8(5-14)6-15/h2-4H,1H3. The minimum absolute atomic E-state index is 0.0609. The third-order valence-electron chi connectivity index (χ3n) is 1.78. The van der Waals surface area contributed by atoms with Crippen molar-refractivity contribution in [2.24, 2.45) is 0 Å². The number of ether oxygens (including phenoxy) is 1. The van der Waals surface area contributed by atoms with Crippen LogP contribution in [-0.2, 0) is 0 Å². The summed E-state index contributed by atoms with van der Waals surface area (Å²) in [6.07, 6.45) is 1.24. The van der Waals surface area contributed by atoms with E-state index in [4.69, 9.17) is 26.9 Å². The minimum atomic E-state index is -0.642. The van der Waals surface area contributed by atoms with E-state index in [-0.39, 0.29) is 16.3 Å². The molecule has 0 aromatic heterocycles. The molecule has 1 aromatic rings. The molecule has 3 nitrogen and oxygen atoms in total. The molecular weight excluding hydrogens is 231 g/mol. The number of hydrogen-bond acceptors (Lipinski definition) is 3. The Morgan fingerprint density at radius 2 is 2.06 bits per heavy atom. The van der Waals surface area contributed by atoms with Gasteiger partial charge in [-0.25, -0.2) is 4.39 Å². The van der Waals surface area contributed by atoms with Crippen LogP contribution in [0.5, 0.6) is 5.75 Å². The zero-order chi connectivity index (χ0) is 12.1. The molecule has 0 aliphatic rings. The van der Waals surface area contributed by atoms with Crippen LogP contribution >= 0.6 is 11.6 Å². The number of methoxy groups -OCH3 is 1. The lowest BCUT2D eigenvalue weighted by Gasteiger charge is -2.05. The third-order valence-corrected chi connectivity index (χ3v) is 2.06. The summed E-state index contributed by atoms with van der Waals surface area (Å²) < 4.78 is 18.1. The molecular formula is C11H6ClFN2O. The van der Waals surface area contributed by atoms with E-state index in [1.165, 1.54) is 19.3 Å². The lowest BCUT2D eigenvalue weighted by molar-refractivity contribution is 0.387. The van der Waals surface area contributed by atoms with E-state index >= 15 is 0 Å². The number of nitrogens with zero attached hydrogens (tertiary/aromatic N) is 2. The van der Waals surface area contributed by atoms with Crippen molar-refractivity contribution in [3.05, 3.63) is 34.1 Å². The molecule has 0 fully saturated rings. The van der Waals surface area contributed by atoms with Crippen molar-refractivity contribution in [3.8, 4) is 17.9 Å². The van der Waals surface area contributed by atoms with Gasteiger partial charge in [-0.2, -0.15) is 10.5 Å². The van der Waals surface area contributed by atoms with Gasteiger partial charge in [0.25, 0.3) is 0 Å². The quantitative estimate of drug-likeness (QED) is 0.742. The molecule has 0 spiro atoms. The molecule has 0 unspecified atom stereocenters. The maximum absolute atomic E-state index is 13.4. The smallest absolute Gasteiger partial charge is 0.173 e. The molecule has 0 aliphatic heterocycles. The van der Waals surface area contributed by atoms with Gasteiger partial charge in [-0.3, -0.25) is 0 Å². The van der Waals surface area contributed by atoms with Gasteiger partial charge in [-0.05, 0) is 23.8 Å². The van der Waals surface area contributed by atoms with E-state index in [2.05, 4.69) is 0 Å². The Hall–Kier alpha value is -2.04. The summed E-state index contributed by atoms with van der Waals surface area (Å²) in [6, 6.07) is 5.90. The van der Waals surface area contributed by atoms with E-state index in [1.54, 1.807) is 12.1 Å². The van der Waals surface area contributed by atoms with Crippen molar-refractivity contribution in [3.63, 3.8) is 0 Å². The summed E-state index contributed by atoms with van der Waals surface area (Å²) >= 11 is 5.74. The zero-order valence-corrected chi connectivity index (χ0v) is 9.05. The second kappa shape index (κ2) is 5.16. The first-order valence-electron chi connectivity index (χ1n) is 4.17. The van der Waals surface area contributed by atoms with Crippen LogP contribution in [0.2, 0.25) is 5.02 Å². The molecule has 0 heterocycles. The average Bonchev–Trinajstić information content (AvgIpc) is 2.25. The van der Waals surface area contributed by atoms with Crippen molar-refractivity contribution in [1.29, 1.82) is 10.5 Å². The van der Waals surface area contributed by atoms with E-state index in [1.807, 2.05) is 0 Å². The molecule has 80 valence electrons. The Morgan fingerprint density at radius 3 is 2.50 bits per heavy atom. The summed E-state index contributed by atoms with van der Waals surface area (Å²) in [5, 5.41) is 17.2. The SMILES string of the molecule is COc1c(F)cc(C=C(C#N)C#N)cc1Cl. The number of nitriles is 2. The van der Waals surface area contributed by atoms with Gasteiger partial charge in [0.15, 0.2) is 11.6 Å². The third kappa shape index (κ3) is 2.50. The van der Waals surface area contributed by atoms with Gasteiger partial charge in [0, 0.05) is 0 Å². The fourth-order valence-electron chi connectivity index (χ4n) is 1.11. The van der Waals surface area contributed by atoms with E-state index < -0.39 is 5.82 Å². The van der Waals surface area contributed by atoms with Gasteiger partial charge < -0.3 is 4.74 Å². The maximum atomic E-state index is 13.4. The number of allylic oxidation sites excluding steroid dienone is 1. The highest BCUT2D eigenvalue weighted by Gasteiger charge is 2.09. The Labute approximate surface area is 96.9 Å². The van der Waals surface area contributed by atoms with E-state index in [0.29, 0.717) is 5.56 Å². The fourth-order valence-corrected chi connectivity index (χ4v) is 1.41. The predicted octanol–water partition coefficient (Wildman–Crippen LogP) is 2.92. The van der Waals surface area contributed by atoms with Gasteiger partial charge in [0.05, 0.1) is 12.1 Å². The Morgan fingerprint density at radius 1 is 1.44 bits per heavy atom. The molecule has 0 saturated heterocycles. The summed E-state index contributed by atoms with van der Waals surface area (Å²) in [5.74, 6) is -0.703. The molecule has 1 aromatic carbocycles. The van der Waals surface area contributed by atoms with E-state index in [0.717, 1.165) is 6.07 Å². The monoisotopic (exact) mass is 236 g/mol. The van der Waals surface area contributed by atoms with Crippen LogP contribution in [0.1, 0.15) is 5.56 Å². The van der Waals surface area contributed by atoms with Gasteiger partial charge in [0.1, 0.15) is 17.7 Å². The summed E-state index contributed by atoms with van der Waals surface area (Å²) in [4.78, 5) is 0. The van der Waals surface area contributed by atoms with Crippen LogP contribution in [-0.4, -0.2) is 7.11 Å². The van der Waals surface area contributed by atoms with Crippen molar-refractivity contribution < 1.29 is 9.13 Å². The lowest BCUT2D eigenvalue weighted by Crippen LogP contribution is -1.90. The summed E-state index contributed by atoms with van der Waals surface area (Å²) in [7, 11) is 1.30. The van der Waals surface area contributed by atoms with Crippen molar-refractivity contribution in [2.45, 2.75) is 0 Å². The highest BCUT2D eigenvalue weighted by atomic mass is 35.5. The molecule has 0 amide bonds. The number of benzene rings is 1. The van der Waals surface area contributed by atoms with Gasteiger partial charge in [-0.15, -0.1) is 0 Å². The van der Waals surface area contributed by atoms with Crippen LogP contribution in [0.25, 0.3) is 6.08 Å². The van der Waals surface area contributed by atoms with Crippen LogP contribution < -0.4 is 4.74 Å². The number of halogens is 2. The Balaban J connectivity index is 3.27.